The van der Waals surface area contributed by atoms with Crippen LogP contribution >= 0.6 is 15.9 Å². The summed E-state index contributed by atoms with van der Waals surface area (Å²) in [7, 11) is -3.40. The molecule has 0 atom stereocenters. The second-order valence-corrected chi connectivity index (χ2v) is 7.47. The van der Waals surface area contributed by atoms with Gasteiger partial charge in [0.2, 0.25) is 0 Å². The molecule has 0 spiro atoms. The molecular formula is C14H13BrFNO3S. The summed E-state index contributed by atoms with van der Waals surface area (Å²) in [5.41, 5.74) is 0.630. The Labute approximate surface area is 130 Å². The Bertz CT molecular complexity index is 778. The third-order valence-corrected chi connectivity index (χ3v) is 4.48. The number of sulfone groups is 1. The van der Waals surface area contributed by atoms with Gasteiger partial charge in [-0.05, 0) is 36.4 Å². The molecule has 0 amide bonds. The molecule has 0 aliphatic rings. The van der Waals surface area contributed by atoms with E-state index in [0.717, 1.165) is 16.8 Å². The second-order valence-electron chi connectivity index (χ2n) is 4.54. The van der Waals surface area contributed by atoms with Crippen molar-refractivity contribution in [2.45, 2.75) is 11.4 Å². The largest absolute Gasteiger partial charge is 0.508 e. The zero-order chi connectivity index (χ0) is 15.6. The number of halogens is 2. The molecule has 21 heavy (non-hydrogen) atoms. The Morgan fingerprint density at radius 2 is 1.95 bits per heavy atom. The van der Waals surface area contributed by atoms with E-state index in [1.165, 1.54) is 18.2 Å². The molecule has 2 aromatic carbocycles. The van der Waals surface area contributed by atoms with Gasteiger partial charge in [-0.1, -0.05) is 15.9 Å². The quantitative estimate of drug-likeness (QED) is 0.806. The normalized spacial score (nSPS) is 11.4. The summed E-state index contributed by atoms with van der Waals surface area (Å²) < 4.78 is 37.4. The van der Waals surface area contributed by atoms with Crippen molar-refractivity contribution in [1.82, 2.24) is 0 Å². The molecule has 2 N–H and O–H groups in total. The molecule has 4 nitrogen and oxygen atoms in total. The first-order valence-electron chi connectivity index (χ1n) is 5.98. The maximum Gasteiger partial charge on any atom is 0.175 e. The van der Waals surface area contributed by atoms with Crippen LogP contribution in [0.25, 0.3) is 0 Å². The Balaban J connectivity index is 2.26. The van der Waals surface area contributed by atoms with Crippen LogP contribution in [0.3, 0.4) is 0 Å². The molecule has 0 heterocycles. The zero-order valence-corrected chi connectivity index (χ0v) is 13.5. The van der Waals surface area contributed by atoms with Gasteiger partial charge < -0.3 is 10.4 Å². The molecule has 0 fully saturated rings. The lowest BCUT2D eigenvalue weighted by molar-refractivity contribution is 0.469. The Morgan fingerprint density at radius 1 is 1.24 bits per heavy atom. The highest BCUT2D eigenvalue weighted by Crippen LogP contribution is 2.24. The van der Waals surface area contributed by atoms with Crippen LogP contribution in [-0.2, 0) is 16.4 Å². The van der Waals surface area contributed by atoms with E-state index in [9.17, 15) is 17.9 Å². The van der Waals surface area contributed by atoms with Crippen molar-refractivity contribution in [3.05, 3.63) is 52.3 Å². The minimum atomic E-state index is -3.40. The number of hydrogen-bond acceptors (Lipinski definition) is 4. The average molecular weight is 374 g/mol. The van der Waals surface area contributed by atoms with Gasteiger partial charge in [-0.15, -0.1) is 0 Å². The first-order valence-corrected chi connectivity index (χ1v) is 8.66. The minimum absolute atomic E-state index is 0.0323. The van der Waals surface area contributed by atoms with Gasteiger partial charge in [0.15, 0.2) is 9.84 Å². The minimum Gasteiger partial charge on any atom is -0.508 e. The number of phenolic OH excluding ortho intramolecular Hbond substituents is 1. The summed E-state index contributed by atoms with van der Waals surface area (Å²) in [6, 6.07) is 8.44. The van der Waals surface area contributed by atoms with Gasteiger partial charge in [-0.3, -0.25) is 0 Å². The lowest BCUT2D eigenvalue weighted by Gasteiger charge is -2.10. The van der Waals surface area contributed by atoms with Gasteiger partial charge in [0, 0.05) is 22.8 Å². The lowest BCUT2D eigenvalue weighted by Crippen LogP contribution is -2.04. The van der Waals surface area contributed by atoms with Crippen LogP contribution in [0.1, 0.15) is 5.56 Å². The van der Waals surface area contributed by atoms with E-state index < -0.39 is 15.7 Å². The van der Waals surface area contributed by atoms with Crippen molar-refractivity contribution in [3.63, 3.8) is 0 Å². The number of hydrogen-bond donors (Lipinski definition) is 2. The first kappa shape index (κ1) is 15.8. The predicted molar refractivity (Wildman–Crippen MR) is 82.6 cm³/mol. The summed E-state index contributed by atoms with van der Waals surface area (Å²) in [6.07, 6.45) is 1.06. The zero-order valence-electron chi connectivity index (χ0n) is 11.1. The molecular weight excluding hydrogens is 361 g/mol. The fourth-order valence-corrected chi connectivity index (χ4v) is 2.81. The van der Waals surface area contributed by atoms with Gasteiger partial charge in [-0.2, -0.15) is 0 Å². The predicted octanol–water partition coefficient (Wildman–Crippen LogP) is 3.31. The number of anilines is 1. The molecule has 2 aromatic rings. The Hall–Kier alpha value is -1.60. The summed E-state index contributed by atoms with van der Waals surface area (Å²) >= 11 is 3.28. The highest BCUT2D eigenvalue weighted by molar-refractivity contribution is 9.10. The van der Waals surface area contributed by atoms with Gasteiger partial charge in [0.1, 0.15) is 11.6 Å². The van der Waals surface area contributed by atoms with Crippen molar-refractivity contribution < 1.29 is 17.9 Å². The van der Waals surface area contributed by atoms with Gasteiger partial charge in [0.05, 0.1) is 10.6 Å². The maximum absolute atomic E-state index is 13.7. The van der Waals surface area contributed by atoms with Crippen LogP contribution in [0, 0.1) is 5.82 Å². The van der Waals surface area contributed by atoms with E-state index in [4.69, 9.17) is 0 Å². The second kappa shape index (κ2) is 6.03. The van der Waals surface area contributed by atoms with Crippen LogP contribution in [0.15, 0.2) is 45.8 Å². The molecule has 0 aliphatic carbocycles. The van der Waals surface area contributed by atoms with Crippen molar-refractivity contribution in [1.29, 1.82) is 0 Å². The summed E-state index contributed by atoms with van der Waals surface area (Å²) in [4.78, 5) is 0.0323. The van der Waals surface area contributed by atoms with Crippen LogP contribution < -0.4 is 5.32 Å². The Morgan fingerprint density at radius 3 is 2.62 bits per heavy atom. The third kappa shape index (κ3) is 3.95. The van der Waals surface area contributed by atoms with Crippen molar-refractivity contribution in [3.8, 4) is 5.75 Å². The fraction of sp³-hybridized carbons (Fsp3) is 0.143. The van der Waals surface area contributed by atoms with Crippen molar-refractivity contribution in [2.75, 3.05) is 11.6 Å². The third-order valence-electron chi connectivity index (χ3n) is 2.88. The molecule has 0 saturated carbocycles. The van der Waals surface area contributed by atoms with E-state index in [1.54, 1.807) is 12.1 Å². The SMILES string of the molecule is CS(=O)(=O)c1ccc(F)c(NCc2cc(Br)ccc2O)c1. The van der Waals surface area contributed by atoms with Crippen LogP contribution in [0.4, 0.5) is 10.1 Å². The highest BCUT2D eigenvalue weighted by atomic mass is 79.9. The summed E-state index contributed by atoms with van der Waals surface area (Å²) in [5, 5.41) is 12.5. The molecule has 0 aromatic heterocycles. The van der Waals surface area contributed by atoms with Crippen molar-refractivity contribution in [2.24, 2.45) is 0 Å². The monoisotopic (exact) mass is 373 g/mol. The molecule has 0 radical (unpaired) electrons. The number of rotatable bonds is 4. The number of benzene rings is 2. The summed E-state index contributed by atoms with van der Waals surface area (Å²) in [5.74, 6) is -0.484. The van der Waals surface area contributed by atoms with Gasteiger partial charge >= 0.3 is 0 Å². The van der Waals surface area contributed by atoms with E-state index in [2.05, 4.69) is 21.2 Å². The molecule has 0 bridgehead atoms. The highest BCUT2D eigenvalue weighted by Gasteiger charge is 2.11. The molecule has 0 aliphatic heterocycles. The van der Waals surface area contributed by atoms with E-state index >= 15 is 0 Å². The van der Waals surface area contributed by atoms with E-state index in [0.29, 0.717) is 5.56 Å². The summed E-state index contributed by atoms with van der Waals surface area (Å²) in [6.45, 7) is 0.162. The number of phenols is 1. The molecule has 7 heteroatoms. The van der Waals surface area contributed by atoms with Crippen molar-refractivity contribution >= 4 is 31.5 Å². The topological polar surface area (TPSA) is 66.4 Å². The molecule has 2 rings (SSSR count). The lowest BCUT2D eigenvalue weighted by atomic mass is 10.2. The molecule has 0 saturated heterocycles. The maximum atomic E-state index is 13.7. The number of aromatic hydroxyl groups is 1. The Kier molecular flexibility index (Phi) is 4.53. The smallest absolute Gasteiger partial charge is 0.175 e. The van der Waals surface area contributed by atoms with Crippen LogP contribution in [-0.4, -0.2) is 19.8 Å². The average Bonchev–Trinajstić information content (AvgIpc) is 2.40. The fourth-order valence-electron chi connectivity index (χ4n) is 1.76. The van der Waals surface area contributed by atoms with Gasteiger partial charge in [-0.25, -0.2) is 12.8 Å². The van der Waals surface area contributed by atoms with Crippen LogP contribution in [0.2, 0.25) is 0 Å². The van der Waals surface area contributed by atoms with E-state index in [-0.39, 0.29) is 22.9 Å². The van der Waals surface area contributed by atoms with Gasteiger partial charge in [0.25, 0.3) is 0 Å². The first-order chi connectivity index (χ1) is 9.77. The molecule has 0 unspecified atom stereocenters. The standard InChI is InChI=1S/C14H13BrFNO3S/c1-21(19,20)11-3-4-12(16)13(7-11)17-8-9-6-10(15)2-5-14(9)18/h2-7,17-18H,8H2,1H3. The van der Waals surface area contributed by atoms with Crippen LogP contribution in [0.5, 0.6) is 5.75 Å². The van der Waals surface area contributed by atoms with E-state index in [1.807, 2.05) is 0 Å². The number of nitrogens with one attached hydrogen (secondary N) is 1. The molecule has 112 valence electrons.